The van der Waals surface area contributed by atoms with E-state index in [1.165, 1.54) is 12.1 Å². The zero-order chi connectivity index (χ0) is 19.8. The Morgan fingerprint density at radius 1 is 1.30 bits per heavy atom. The van der Waals surface area contributed by atoms with Crippen molar-refractivity contribution in [3.8, 4) is 0 Å². The van der Waals surface area contributed by atoms with Crippen molar-refractivity contribution in [1.82, 2.24) is 9.78 Å². The molecule has 27 heavy (non-hydrogen) atoms. The smallest absolute Gasteiger partial charge is 0.410 e. The molecule has 0 aliphatic carbocycles. The van der Waals surface area contributed by atoms with Crippen molar-refractivity contribution < 1.29 is 31.9 Å². The fraction of sp³-hybridized carbons (Fsp3) is 0.353. The van der Waals surface area contributed by atoms with Crippen LogP contribution in [0, 0.1) is 5.82 Å². The van der Waals surface area contributed by atoms with Crippen LogP contribution in [0.2, 0.25) is 0 Å². The quantitative estimate of drug-likeness (QED) is 0.496. The van der Waals surface area contributed by atoms with Gasteiger partial charge in [-0.25, -0.2) is 13.9 Å². The van der Waals surface area contributed by atoms with Gasteiger partial charge in [0.25, 0.3) is 0 Å². The van der Waals surface area contributed by atoms with Crippen molar-refractivity contribution in [1.29, 1.82) is 0 Å². The molecule has 2 heterocycles. The van der Waals surface area contributed by atoms with E-state index in [2.05, 4.69) is 10.4 Å². The summed E-state index contributed by atoms with van der Waals surface area (Å²) in [5.41, 5.74) is -0.200. The summed E-state index contributed by atoms with van der Waals surface area (Å²) in [5, 5.41) is 6.52. The number of hydrogen-bond donors (Lipinski definition) is 1. The summed E-state index contributed by atoms with van der Waals surface area (Å²) in [5.74, 6) is -2.07. The number of Topliss-reactive ketones (excluding diaryl/α,β-unsaturated/α-hetero) is 1. The molecule has 10 heteroatoms. The van der Waals surface area contributed by atoms with E-state index in [4.69, 9.17) is 4.74 Å². The number of nitrogens with zero attached hydrogens (tertiary/aromatic N) is 2. The van der Waals surface area contributed by atoms with Gasteiger partial charge in [-0.3, -0.25) is 4.79 Å². The van der Waals surface area contributed by atoms with Gasteiger partial charge in [0.05, 0.1) is 0 Å². The first-order valence-corrected chi connectivity index (χ1v) is 8.04. The minimum atomic E-state index is -4.52. The molecule has 1 aromatic heterocycles. The van der Waals surface area contributed by atoms with Gasteiger partial charge in [-0.2, -0.15) is 18.3 Å². The number of rotatable bonds is 4. The maximum Gasteiger partial charge on any atom is 0.410 e. The number of carbonyl (C=O) groups excluding carboxylic acids is 2. The average Bonchev–Trinajstić information content (AvgIpc) is 3.02. The van der Waals surface area contributed by atoms with E-state index in [0.29, 0.717) is 4.68 Å². The number of esters is 1. The Labute approximate surface area is 151 Å². The first kappa shape index (κ1) is 18.9. The van der Waals surface area contributed by atoms with E-state index in [-0.39, 0.29) is 23.5 Å². The lowest BCUT2D eigenvalue weighted by atomic mass is 10.1. The molecule has 1 aliphatic heterocycles. The molecule has 1 N–H and O–H groups in total. The fourth-order valence-electron chi connectivity index (χ4n) is 2.78. The van der Waals surface area contributed by atoms with Crippen LogP contribution in [0.3, 0.4) is 0 Å². The van der Waals surface area contributed by atoms with E-state index < -0.39 is 42.4 Å². The van der Waals surface area contributed by atoms with Gasteiger partial charge in [-0.1, -0.05) is 0 Å². The number of fused-ring (bicyclic) bond motifs is 1. The molecule has 6 nitrogen and oxygen atoms in total. The van der Waals surface area contributed by atoms with E-state index in [9.17, 15) is 27.2 Å². The lowest BCUT2D eigenvalue weighted by molar-refractivity contribution is -0.173. The van der Waals surface area contributed by atoms with E-state index in [1.54, 1.807) is 6.92 Å². The van der Waals surface area contributed by atoms with Gasteiger partial charge in [0.2, 0.25) is 0 Å². The van der Waals surface area contributed by atoms with Crippen LogP contribution in [-0.4, -0.2) is 40.4 Å². The van der Waals surface area contributed by atoms with E-state index in [0.717, 1.165) is 18.2 Å². The molecule has 2 unspecified atom stereocenters. The van der Waals surface area contributed by atoms with Crippen molar-refractivity contribution in [3.05, 3.63) is 47.4 Å². The van der Waals surface area contributed by atoms with Crippen LogP contribution in [0.25, 0.3) is 0 Å². The summed E-state index contributed by atoms with van der Waals surface area (Å²) in [7, 11) is 0. The van der Waals surface area contributed by atoms with Crippen molar-refractivity contribution >= 4 is 17.6 Å². The highest BCUT2D eigenvalue weighted by atomic mass is 19.4. The summed E-state index contributed by atoms with van der Waals surface area (Å²) < 4.78 is 58.0. The first-order valence-electron chi connectivity index (χ1n) is 8.04. The average molecular weight is 385 g/mol. The van der Waals surface area contributed by atoms with Crippen molar-refractivity contribution in [2.24, 2.45) is 0 Å². The molecule has 1 aliphatic rings. The summed E-state index contributed by atoms with van der Waals surface area (Å²) in [6, 6.07) is 3.49. The van der Waals surface area contributed by atoms with Gasteiger partial charge in [-0.05, 0) is 37.6 Å². The van der Waals surface area contributed by atoms with Gasteiger partial charge in [0.15, 0.2) is 24.1 Å². The molecule has 0 radical (unpaired) electrons. The third-order valence-electron chi connectivity index (χ3n) is 4.09. The second kappa shape index (κ2) is 7.01. The third kappa shape index (κ3) is 4.09. The van der Waals surface area contributed by atoms with Crippen LogP contribution in [0.4, 0.5) is 23.4 Å². The summed E-state index contributed by atoms with van der Waals surface area (Å²) in [4.78, 5) is 24.0. The lowest BCUT2D eigenvalue weighted by Crippen LogP contribution is -2.37. The minimum absolute atomic E-state index is 0.0490. The number of halogens is 4. The maximum atomic E-state index is 13.2. The summed E-state index contributed by atoms with van der Waals surface area (Å²) in [6.45, 7) is 0.952. The van der Waals surface area contributed by atoms with Gasteiger partial charge in [0, 0.05) is 17.7 Å². The van der Waals surface area contributed by atoms with Crippen LogP contribution >= 0.6 is 0 Å². The standard InChI is InChI=1S/C17H15F4N3O3/c1-9-6-14(17(19,20)21)24-15(22-9)7-12(23-24)16(26)27-8-13(25)10-2-4-11(18)5-3-10/h2-5,7,9,14,22H,6,8H2,1H3. The number of hydrogen-bond acceptors (Lipinski definition) is 5. The van der Waals surface area contributed by atoms with Gasteiger partial charge < -0.3 is 10.1 Å². The van der Waals surface area contributed by atoms with E-state index >= 15 is 0 Å². The Kier molecular flexibility index (Phi) is 4.90. The highest BCUT2D eigenvalue weighted by molar-refractivity contribution is 5.99. The van der Waals surface area contributed by atoms with Gasteiger partial charge in [0.1, 0.15) is 11.6 Å². The van der Waals surface area contributed by atoms with Crippen LogP contribution in [0.1, 0.15) is 40.2 Å². The molecule has 3 rings (SSSR count). The number of ketones is 1. The third-order valence-corrected chi connectivity index (χ3v) is 4.09. The Bertz CT molecular complexity index is 861. The monoisotopic (exact) mass is 385 g/mol. The minimum Gasteiger partial charge on any atom is -0.453 e. The molecule has 0 bridgehead atoms. The number of anilines is 1. The predicted octanol–water partition coefficient (Wildman–Crippen LogP) is 3.37. The predicted molar refractivity (Wildman–Crippen MR) is 86.0 cm³/mol. The topological polar surface area (TPSA) is 73.2 Å². The molecular weight excluding hydrogens is 370 g/mol. The van der Waals surface area contributed by atoms with Crippen molar-refractivity contribution in [2.75, 3.05) is 11.9 Å². The van der Waals surface area contributed by atoms with Crippen LogP contribution in [0.15, 0.2) is 30.3 Å². The van der Waals surface area contributed by atoms with Crippen LogP contribution in [0.5, 0.6) is 0 Å². The van der Waals surface area contributed by atoms with Crippen molar-refractivity contribution in [2.45, 2.75) is 31.6 Å². The zero-order valence-electron chi connectivity index (χ0n) is 14.1. The Morgan fingerprint density at radius 2 is 1.96 bits per heavy atom. The lowest BCUT2D eigenvalue weighted by Gasteiger charge is -2.31. The number of benzene rings is 1. The molecule has 0 amide bonds. The number of carbonyl (C=O) groups is 2. The zero-order valence-corrected chi connectivity index (χ0v) is 14.1. The first-order chi connectivity index (χ1) is 12.6. The highest BCUT2D eigenvalue weighted by Gasteiger charge is 2.45. The highest BCUT2D eigenvalue weighted by Crippen LogP contribution is 2.39. The molecule has 1 aromatic carbocycles. The van der Waals surface area contributed by atoms with Gasteiger partial charge in [-0.15, -0.1) is 0 Å². The van der Waals surface area contributed by atoms with Crippen LogP contribution in [-0.2, 0) is 4.74 Å². The Morgan fingerprint density at radius 3 is 2.59 bits per heavy atom. The number of alkyl halides is 3. The Hall–Kier alpha value is -2.91. The summed E-state index contributed by atoms with van der Waals surface area (Å²) in [6.07, 6.45) is -4.74. The Balaban J connectivity index is 1.71. The second-order valence-electron chi connectivity index (χ2n) is 6.20. The second-order valence-corrected chi connectivity index (χ2v) is 6.20. The normalized spacial score (nSPS) is 19.1. The van der Waals surface area contributed by atoms with E-state index in [1.807, 2.05) is 0 Å². The largest absolute Gasteiger partial charge is 0.453 e. The summed E-state index contributed by atoms with van der Waals surface area (Å²) >= 11 is 0. The molecule has 2 aromatic rings. The fourth-order valence-corrected chi connectivity index (χ4v) is 2.78. The van der Waals surface area contributed by atoms with Crippen molar-refractivity contribution in [3.63, 3.8) is 0 Å². The molecule has 2 atom stereocenters. The SMILES string of the molecule is CC1CC(C(F)(F)F)n2nc(C(=O)OCC(=O)c3ccc(F)cc3)cc2N1. The van der Waals surface area contributed by atoms with Gasteiger partial charge >= 0.3 is 12.1 Å². The molecular formula is C17H15F4N3O3. The number of nitrogens with one attached hydrogen (secondary N) is 1. The van der Waals surface area contributed by atoms with Crippen LogP contribution < -0.4 is 5.32 Å². The molecule has 0 fully saturated rings. The molecule has 144 valence electrons. The maximum absolute atomic E-state index is 13.2. The number of ether oxygens (including phenoxy) is 1. The molecule has 0 saturated carbocycles. The number of aromatic nitrogens is 2. The molecule has 0 saturated heterocycles. The molecule has 0 spiro atoms.